The van der Waals surface area contributed by atoms with Crippen molar-refractivity contribution >= 4 is 11.6 Å². The molecule has 23 heavy (non-hydrogen) atoms. The van der Waals surface area contributed by atoms with Gasteiger partial charge in [0, 0.05) is 11.3 Å². The number of ether oxygens (including phenoxy) is 2. The first-order valence-electron chi connectivity index (χ1n) is 7.85. The van der Waals surface area contributed by atoms with Crippen LogP contribution in [-0.2, 0) is 0 Å². The lowest BCUT2D eigenvalue weighted by Gasteiger charge is -2.10. The third kappa shape index (κ3) is 5.33. The topological polar surface area (TPSA) is 47.6 Å². The molecule has 0 saturated carbocycles. The van der Waals surface area contributed by atoms with E-state index in [0.717, 1.165) is 17.2 Å². The molecule has 4 heteroatoms. The van der Waals surface area contributed by atoms with Crippen molar-refractivity contribution < 1.29 is 14.3 Å². The van der Waals surface area contributed by atoms with Crippen molar-refractivity contribution in [3.05, 3.63) is 54.1 Å². The van der Waals surface area contributed by atoms with Gasteiger partial charge in [-0.2, -0.15) is 0 Å². The number of hydrogen-bond acceptors (Lipinski definition) is 3. The number of nitrogens with one attached hydrogen (secondary N) is 1. The van der Waals surface area contributed by atoms with Crippen LogP contribution >= 0.6 is 0 Å². The van der Waals surface area contributed by atoms with E-state index in [1.807, 2.05) is 31.2 Å². The van der Waals surface area contributed by atoms with E-state index < -0.39 is 0 Å². The highest BCUT2D eigenvalue weighted by molar-refractivity contribution is 6.04. The van der Waals surface area contributed by atoms with E-state index in [2.05, 4.69) is 19.2 Å². The van der Waals surface area contributed by atoms with E-state index in [0.29, 0.717) is 24.7 Å². The Labute approximate surface area is 137 Å². The van der Waals surface area contributed by atoms with Gasteiger partial charge >= 0.3 is 0 Å². The maximum atomic E-state index is 12.2. The Kier molecular flexibility index (Phi) is 6.03. The lowest BCUT2D eigenvalue weighted by molar-refractivity contribution is 0.102. The number of hydrogen-bond donors (Lipinski definition) is 1. The van der Waals surface area contributed by atoms with Gasteiger partial charge in [0.15, 0.2) is 0 Å². The minimum atomic E-state index is -0.149. The maximum Gasteiger partial charge on any atom is 0.255 e. The molecule has 2 aromatic rings. The lowest BCUT2D eigenvalue weighted by atomic mass is 10.2. The first-order valence-corrected chi connectivity index (χ1v) is 7.85. The third-order valence-corrected chi connectivity index (χ3v) is 3.12. The van der Waals surface area contributed by atoms with Gasteiger partial charge in [-0.3, -0.25) is 4.79 Å². The van der Waals surface area contributed by atoms with Crippen LogP contribution in [0.15, 0.2) is 48.5 Å². The SMILES string of the molecule is CCOc1ccc(C(=O)Nc2ccc(OCC(C)C)cc2)cc1. The highest BCUT2D eigenvalue weighted by Crippen LogP contribution is 2.18. The normalized spacial score (nSPS) is 10.4. The van der Waals surface area contributed by atoms with E-state index in [-0.39, 0.29) is 5.91 Å². The third-order valence-electron chi connectivity index (χ3n) is 3.12. The average Bonchev–Trinajstić information content (AvgIpc) is 2.55. The summed E-state index contributed by atoms with van der Waals surface area (Å²) in [6, 6.07) is 14.5. The first kappa shape index (κ1) is 16.9. The number of carbonyl (C=O) groups excluding carboxylic acids is 1. The largest absolute Gasteiger partial charge is 0.494 e. The van der Waals surface area contributed by atoms with E-state index in [1.54, 1.807) is 24.3 Å². The molecule has 0 aliphatic heterocycles. The summed E-state index contributed by atoms with van der Waals surface area (Å²) >= 11 is 0. The summed E-state index contributed by atoms with van der Waals surface area (Å²) in [6.45, 7) is 7.42. The molecule has 0 spiro atoms. The number of amides is 1. The predicted octanol–water partition coefficient (Wildman–Crippen LogP) is 4.37. The molecule has 0 aliphatic rings. The molecule has 2 aromatic carbocycles. The van der Waals surface area contributed by atoms with E-state index in [1.165, 1.54) is 0 Å². The van der Waals surface area contributed by atoms with Crippen molar-refractivity contribution in [3.8, 4) is 11.5 Å². The Morgan fingerprint density at radius 2 is 1.52 bits per heavy atom. The minimum Gasteiger partial charge on any atom is -0.494 e. The molecule has 1 N–H and O–H groups in total. The van der Waals surface area contributed by atoms with Crippen LogP contribution in [-0.4, -0.2) is 19.1 Å². The van der Waals surface area contributed by atoms with Gasteiger partial charge in [-0.1, -0.05) is 13.8 Å². The molecule has 122 valence electrons. The van der Waals surface area contributed by atoms with Gasteiger partial charge in [-0.25, -0.2) is 0 Å². The summed E-state index contributed by atoms with van der Waals surface area (Å²) in [5, 5.41) is 2.87. The van der Waals surface area contributed by atoms with Crippen LogP contribution in [0.25, 0.3) is 0 Å². The summed E-state index contributed by atoms with van der Waals surface area (Å²) in [5.74, 6) is 1.89. The van der Waals surface area contributed by atoms with Gasteiger partial charge in [-0.15, -0.1) is 0 Å². The quantitative estimate of drug-likeness (QED) is 0.825. The van der Waals surface area contributed by atoms with Crippen LogP contribution < -0.4 is 14.8 Å². The van der Waals surface area contributed by atoms with Crippen molar-refractivity contribution in [2.24, 2.45) is 5.92 Å². The number of benzene rings is 2. The van der Waals surface area contributed by atoms with Gasteiger partial charge < -0.3 is 14.8 Å². The van der Waals surface area contributed by atoms with Crippen LogP contribution in [0.2, 0.25) is 0 Å². The monoisotopic (exact) mass is 313 g/mol. The van der Waals surface area contributed by atoms with Gasteiger partial charge in [0.2, 0.25) is 0 Å². The Morgan fingerprint density at radius 3 is 2.09 bits per heavy atom. The molecule has 1 amide bonds. The first-order chi connectivity index (χ1) is 11.1. The molecule has 0 saturated heterocycles. The molecular formula is C19H23NO3. The van der Waals surface area contributed by atoms with Crippen LogP contribution in [0.4, 0.5) is 5.69 Å². The van der Waals surface area contributed by atoms with Crippen LogP contribution in [0, 0.1) is 5.92 Å². The van der Waals surface area contributed by atoms with Crippen LogP contribution in [0.3, 0.4) is 0 Å². The van der Waals surface area contributed by atoms with Crippen LogP contribution in [0.5, 0.6) is 11.5 Å². The summed E-state index contributed by atoms with van der Waals surface area (Å²) in [4.78, 5) is 12.2. The van der Waals surface area contributed by atoms with E-state index in [4.69, 9.17) is 9.47 Å². The van der Waals surface area contributed by atoms with Crippen molar-refractivity contribution in [3.63, 3.8) is 0 Å². The molecule has 0 atom stereocenters. The Bertz CT molecular complexity index is 618. The second-order valence-corrected chi connectivity index (χ2v) is 5.64. The molecule has 0 bridgehead atoms. The molecule has 0 aromatic heterocycles. The second kappa shape index (κ2) is 8.22. The number of rotatable bonds is 7. The van der Waals surface area contributed by atoms with Crippen LogP contribution in [0.1, 0.15) is 31.1 Å². The zero-order valence-corrected chi connectivity index (χ0v) is 13.8. The predicted molar refractivity (Wildman–Crippen MR) is 92.3 cm³/mol. The Morgan fingerprint density at radius 1 is 0.957 bits per heavy atom. The lowest BCUT2D eigenvalue weighted by Crippen LogP contribution is -2.11. The smallest absolute Gasteiger partial charge is 0.255 e. The van der Waals surface area contributed by atoms with E-state index >= 15 is 0 Å². The molecule has 0 aliphatic carbocycles. The van der Waals surface area contributed by atoms with Gasteiger partial charge in [0.25, 0.3) is 5.91 Å². The van der Waals surface area contributed by atoms with Gasteiger partial charge in [0.1, 0.15) is 11.5 Å². The molecule has 0 heterocycles. The number of carbonyl (C=O) groups is 1. The Balaban J connectivity index is 1.94. The summed E-state index contributed by atoms with van der Waals surface area (Å²) in [5.41, 5.74) is 1.33. The fraction of sp³-hybridized carbons (Fsp3) is 0.316. The molecule has 4 nitrogen and oxygen atoms in total. The summed E-state index contributed by atoms with van der Waals surface area (Å²) in [7, 11) is 0. The second-order valence-electron chi connectivity index (χ2n) is 5.64. The van der Waals surface area contributed by atoms with Gasteiger partial charge in [0.05, 0.1) is 13.2 Å². The average molecular weight is 313 g/mol. The molecule has 2 rings (SSSR count). The molecule has 0 fully saturated rings. The fourth-order valence-corrected chi connectivity index (χ4v) is 1.97. The molecule has 0 radical (unpaired) electrons. The number of anilines is 1. The zero-order valence-electron chi connectivity index (χ0n) is 13.8. The standard InChI is InChI=1S/C19H23NO3/c1-4-22-17-9-5-15(6-10-17)19(21)20-16-7-11-18(12-8-16)23-13-14(2)3/h5-12,14H,4,13H2,1-3H3,(H,20,21). The fourth-order valence-electron chi connectivity index (χ4n) is 1.97. The van der Waals surface area contributed by atoms with Crippen molar-refractivity contribution in [2.45, 2.75) is 20.8 Å². The van der Waals surface area contributed by atoms with Crippen molar-refractivity contribution in [1.29, 1.82) is 0 Å². The highest BCUT2D eigenvalue weighted by Gasteiger charge is 2.06. The maximum absolute atomic E-state index is 12.2. The zero-order chi connectivity index (χ0) is 16.7. The summed E-state index contributed by atoms with van der Waals surface area (Å²) in [6.07, 6.45) is 0. The molecule has 0 unspecified atom stereocenters. The van der Waals surface area contributed by atoms with E-state index in [9.17, 15) is 4.79 Å². The Hall–Kier alpha value is -2.49. The van der Waals surface area contributed by atoms with Crippen molar-refractivity contribution in [1.82, 2.24) is 0 Å². The van der Waals surface area contributed by atoms with Gasteiger partial charge in [-0.05, 0) is 61.4 Å². The highest BCUT2D eigenvalue weighted by atomic mass is 16.5. The molecular weight excluding hydrogens is 290 g/mol. The summed E-state index contributed by atoms with van der Waals surface area (Å²) < 4.78 is 11.0. The van der Waals surface area contributed by atoms with Crippen molar-refractivity contribution in [2.75, 3.05) is 18.5 Å². The minimum absolute atomic E-state index is 0.149.